The van der Waals surface area contributed by atoms with Crippen LogP contribution < -0.4 is 15.1 Å². The van der Waals surface area contributed by atoms with Gasteiger partial charge in [0.05, 0.1) is 33.8 Å². The Morgan fingerprint density at radius 1 is 1.06 bits per heavy atom. The van der Waals surface area contributed by atoms with Crippen LogP contribution in [0.5, 0.6) is 5.75 Å². The largest absolute Gasteiger partial charge is 0.494 e. The molecule has 0 radical (unpaired) electrons. The first-order valence-corrected chi connectivity index (χ1v) is 11.9. The van der Waals surface area contributed by atoms with Gasteiger partial charge in [0.25, 0.3) is 5.91 Å². The Morgan fingerprint density at radius 3 is 2.65 bits per heavy atom. The minimum Gasteiger partial charge on any atom is -0.494 e. The lowest BCUT2D eigenvalue weighted by Gasteiger charge is -2.22. The molecule has 168 valence electrons. The van der Waals surface area contributed by atoms with Crippen molar-refractivity contribution >= 4 is 43.6 Å². The normalized spacial score (nSPS) is 15.3. The maximum absolute atomic E-state index is 13.7. The van der Waals surface area contributed by atoms with Gasteiger partial charge in [-0.3, -0.25) is 14.5 Å². The molecular weight excluding hydrogens is 448 g/mol. The third kappa shape index (κ3) is 3.12. The van der Waals surface area contributed by atoms with Gasteiger partial charge in [-0.1, -0.05) is 41.7 Å². The zero-order valence-electron chi connectivity index (χ0n) is 18.6. The lowest BCUT2D eigenvalue weighted by Crippen LogP contribution is -2.29. The van der Waals surface area contributed by atoms with Gasteiger partial charge in [-0.15, -0.1) is 0 Å². The van der Waals surface area contributed by atoms with E-state index >= 15 is 0 Å². The summed E-state index contributed by atoms with van der Waals surface area (Å²) in [5.74, 6) is 0.425. The Hall–Kier alpha value is -3.97. The molecular formula is C27H20N2O4S. The number of thiazole rings is 1. The summed E-state index contributed by atoms with van der Waals surface area (Å²) >= 11 is 1.43. The molecule has 2 aromatic heterocycles. The third-order valence-corrected chi connectivity index (χ3v) is 7.04. The molecule has 0 aliphatic carbocycles. The molecule has 1 atom stereocenters. The van der Waals surface area contributed by atoms with Gasteiger partial charge < -0.3 is 9.15 Å². The Kier molecular flexibility index (Phi) is 4.74. The molecule has 5 aromatic rings. The number of rotatable bonds is 4. The molecule has 6 nitrogen and oxygen atoms in total. The lowest BCUT2D eigenvalue weighted by atomic mass is 9.98. The smallest absolute Gasteiger partial charge is 0.297 e. The van der Waals surface area contributed by atoms with Crippen molar-refractivity contribution in [2.24, 2.45) is 0 Å². The first kappa shape index (κ1) is 20.6. The topological polar surface area (TPSA) is 72.6 Å². The van der Waals surface area contributed by atoms with Crippen molar-refractivity contribution in [2.75, 3.05) is 11.5 Å². The molecule has 0 N–H and O–H groups in total. The molecule has 0 fully saturated rings. The highest BCUT2D eigenvalue weighted by Gasteiger charge is 2.45. The van der Waals surface area contributed by atoms with Crippen LogP contribution in [0.25, 0.3) is 21.2 Å². The number of ether oxygens (including phenoxy) is 1. The standard InChI is InChI=1S/C27H20N2O4S/c1-3-32-17-11-9-16(10-12-17)23-22-24(30)18-6-4-5-7-20(18)33-25(22)26(31)29(23)27-28-19-13-8-15(2)14-21(19)34-27/h4-14,23H,3H2,1-2H3. The molecule has 0 bridgehead atoms. The molecule has 6 rings (SSSR count). The molecule has 1 aliphatic rings. The molecule has 1 aliphatic heterocycles. The zero-order valence-corrected chi connectivity index (χ0v) is 19.4. The van der Waals surface area contributed by atoms with Gasteiger partial charge in [0.2, 0.25) is 5.76 Å². The van der Waals surface area contributed by atoms with Crippen molar-refractivity contribution in [3.05, 3.63) is 99.4 Å². The summed E-state index contributed by atoms with van der Waals surface area (Å²) in [6, 6.07) is 19.8. The van der Waals surface area contributed by atoms with E-state index in [1.807, 2.05) is 56.3 Å². The second kappa shape index (κ2) is 7.81. The summed E-state index contributed by atoms with van der Waals surface area (Å²) in [4.78, 5) is 33.7. The van der Waals surface area contributed by atoms with E-state index in [0.717, 1.165) is 27.1 Å². The van der Waals surface area contributed by atoms with Crippen LogP contribution >= 0.6 is 11.3 Å². The fourth-order valence-electron chi connectivity index (χ4n) is 4.47. The van der Waals surface area contributed by atoms with Gasteiger partial charge in [0.1, 0.15) is 11.3 Å². The van der Waals surface area contributed by atoms with Crippen molar-refractivity contribution in [3.8, 4) is 5.75 Å². The van der Waals surface area contributed by atoms with Crippen LogP contribution in [0.2, 0.25) is 0 Å². The van der Waals surface area contributed by atoms with E-state index in [4.69, 9.17) is 14.1 Å². The van der Waals surface area contributed by atoms with Gasteiger partial charge in [-0.2, -0.15) is 0 Å². The SMILES string of the molecule is CCOc1ccc(C2c3c(oc4ccccc4c3=O)C(=O)N2c2nc3ccc(C)cc3s2)cc1. The monoisotopic (exact) mass is 468 g/mol. The van der Waals surface area contributed by atoms with Crippen LogP contribution in [0, 0.1) is 6.92 Å². The van der Waals surface area contributed by atoms with E-state index in [9.17, 15) is 9.59 Å². The van der Waals surface area contributed by atoms with Crippen LogP contribution in [0.15, 0.2) is 75.9 Å². The van der Waals surface area contributed by atoms with Crippen molar-refractivity contribution in [1.82, 2.24) is 4.98 Å². The van der Waals surface area contributed by atoms with E-state index in [1.165, 1.54) is 11.3 Å². The predicted molar refractivity (Wildman–Crippen MR) is 133 cm³/mol. The number of para-hydroxylation sites is 1. The first-order chi connectivity index (χ1) is 16.5. The van der Waals surface area contributed by atoms with Gasteiger partial charge in [0.15, 0.2) is 10.6 Å². The van der Waals surface area contributed by atoms with Crippen LogP contribution in [0.3, 0.4) is 0 Å². The number of anilines is 1. The van der Waals surface area contributed by atoms with Crippen LogP contribution in [-0.2, 0) is 0 Å². The number of carbonyl (C=O) groups excluding carboxylic acids is 1. The first-order valence-electron chi connectivity index (χ1n) is 11.0. The van der Waals surface area contributed by atoms with Crippen LogP contribution in [-0.4, -0.2) is 17.5 Å². The highest BCUT2D eigenvalue weighted by Crippen LogP contribution is 2.43. The van der Waals surface area contributed by atoms with Crippen molar-refractivity contribution in [2.45, 2.75) is 19.9 Å². The van der Waals surface area contributed by atoms with E-state index in [-0.39, 0.29) is 17.1 Å². The number of nitrogens with zero attached hydrogens (tertiary/aromatic N) is 2. The fourth-order valence-corrected chi connectivity index (χ4v) is 5.56. The molecule has 1 amide bonds. The number of fused-ring (bicyclic) bond motifs is 3. The van der Waals surface area contributed by atoms with E-state index in [1.54, 1.807) is 29.2 Å². The average molecular weight is 469 g/mol. The minimum absolute atomic E-state index is 0.0676. The summed E-state index contributed by atoms with van der Waals surface area (Å²) in [5.41, 5.74) is 3.24. The van der Waals surface area contributed by atoms with Crippen molar-refractivity contribution in [1.29, 1.82) is 0 Å². The highest BCUT2D eigenvalue weighted by molar-refractivity contribution is 7.22. The highest BCUT2D eigenvalue weighted by atomic mass is 32.1. The summed E-state index contributed by atoms with van der Waals surface area (Å²) in [5, 5.41) is 0.978. The van der Waals surface area contributed by atoms with Crippen LogP contribution in [0.1, 0.15) is 40.2 Å². The van der Waals surface area contributed by atoms with Gasteiger partial charge >= 0.3 is 0 Å². The second-order valence-corrected chi connectivity index (χ2v) is 9.23. The number of aromatic nitrogens is 1. The quantitative estimate of drug-likeness (QED) is 0.330. The number of hydrogen-bond acceptors (Lipinski definition) is 6. The summed E-state index contributed by atoms with van der Waals surface area (Å²) in [7, 11) is 0. The molecule has 3 aromatic carbocycles. The summed E-state index contributed by atoms with van der Waals surface area (Å²) in [6.07, 6.45) is 0. The molecule has 7 heteroatoms. The summed E-state index contributed by atoms with van der Waals surface area (Å²) < 4.78 is 12.6. The number of carbonyl (C=O) groups is 1. The average Bonchev–Trinajstić information content (AvgIpc) is 3.38. The molecule has 0 saturated carbocycles. The second-order valence-electron chi connectivity index (χ2n) is 8.22. The fraction of sp³-hybridized carbons (Fsp3) is 0.148. The Morgan fingerprint density at radius 2 is 1.85 bits per heavy atom. The third-order valence-electron chi connectivity index (χ3n) is 6.02. The molecule has 0 saturated heterocycles. The van der Waals surface area contributed by atoms with Gasteiger partial charge in [-0.25, -0.2) is 4.98 Å². The van der Waals surface area contributed by atoms with Crippen molar-refractivity contribution in [3.63, 3.8) is 0 Å². The van der Waals surface area contributed by atoms with E-state index in [0.29, 0.717) is 28.3 Å². The zero-order chi connectivity index (χ0) is 23.4. The Bertz CT molecular complexity index is 1630. The minimum atomic E-state index is -0.652. The molecule has 0 spiro atoms. The van der Waals surface area contributed by atoms with Crippen LogP contribution in [0.4, 0.5) is 5.13 Å². The lowest BCUT2D eigenvalue weighted by molar-refractivity contribution is 0.0971. The summed E-state index contributed by atoms with van der Waals surface area (Å²) in [6.45, 7) is 4.50. The molecule has 34 heavy (non-hydrogen) atoms. The maximum Gasteiger partial charge on any atom is 0.297 e. The number of aryl methyl sites for hydroxylation is 1. The maximum atomic E-state index is 13.7. The van der Waals surface area contributed by atoms with Gasteiger partial charge in [-0.05, 0) is 61.4 Å². The van der Waals surface area contributed by atoms with E-state index in [2.05, 4.69) is 0 Å². The Balaban J connectivity index is 1.59. The predicted octanol–water partition coefficient (Wildman–Crippen LogP) is 5.86. The number of hydrogen-bond donors (Lipinski definition) is 0. The Labute approximate surface area is 199 Å². The van der Waals surface area contributed by atoms with Crippen molar-refractivity contribution < 1.29 is 13.9 Å². The number of amides is 1. The molecule has 3 heterocycles. The molecule has 1 unspecified atom stereocenters. The van der Waals surface area contributed by atoms with Gasteiger partial charge in [0, 0.05) is 0 Å². The van der Waals surface area contributed by atoms with E-state index < -0.39 is 6.04 Å². The number of benzene rings is 3.